The van der Waals surface area contributed by atoms with Crippen LogP contribution < -0.4 is 15.5 Å². The van der Waals surface area contributed by atoms with Gasteiger partial charge in [0.1, 0.15) is 6.04 Å². The molecule has 154 valence electrons. The minimum Gasteiger partial charge on any atom is -0.465 e. The molecule has 1 atom stereocenters. The Balaban J connectivity index is 1.61. The molecule has 1 heterocycles. The maximum absolute atomic E-state index is 12.6. The molecule has 0 saturated carbocycles. The third kappa shape index (κ3) is 5.28. The topological polar surface area (TPSA) is 70.7 Å². The van der Waals surface area contributed by atoms with Crippen LogP contribution in [0.2, 0.25) is 0 Å². The Bertz CT molecular complexity index is 858. The van der Waals surface area contributed by atoms with E-state index in [2.05, 4.69) is 27.7 Å². The van der Waals surface area contributed by atoms with E-state index in [1.165, 1.54) is 32.1 Å². The van der Waals surface area contributed by atoms with Crippen LogP contribution in [0.5, 0.6) is 0 Å². The molecule has 1 amide bonds. The van der Waals surface area contributed by atoms with Crippen molar-refractivity contribution in [1.82, 2.24) is 0 Å². The predicted octanol–water partition coefficient (Wildman–Crippen LogP) is 4.21. The van der Waals surface area contributed by atoms with E-state index in [0.717, 1.165) is 30.0 Å². The fraction of sp³-hybridized carbons (Fsp3) is 0.391. The van der Waals surface area contributed by atoms with Crippen LogP contribution >= 0.6 is 0 Å². The molecule has 6 nitrogen and oxygen atoms in total. The maximum Gasteiger partial charge on any atom is 0.337 e. The number of hydrogen-bond donors (Lipinski definition) is 2. The van der Waals surface area contributed by atoms with Gasteiger partial charge in [-0.05, 0) is 75.1 Å². The predicted molar refractivity (Wildman–Crippen MR) is 117 cm³/mol. The molecule has 6 heteroatoms. The molecule has 29 heavy (non-hydrogen) atoms. The van der Waals surface area contributed by atoms with E-state index < -0.39 is 12.0 Å². The number of amides is 1. The molecule has 0 aliphatic carbocycles. The minimum atomic E-state index is -0.469. The van der Waals surface area contributed by atoms with Crippen LogP contribution in [-0.4, -0.2) is 38.1 Å². The SMILES string of the molecule is COC(=O)c1ccc(C)c(NC(C)C(=O)Nc2ccc(N3CCCCC3)cc2)c1. The molecule has 0 aromatic heterocycles. The Morgan fingerprint density at radius 3 is 2.38 bits per heavy atom. The van der Waals surface area contributed by atoms with Crippen LogP contribution in [-0.2, 0) is 9.53 Å². The lowest BCUT2D eigenvalue weighted by molar-refractivity contribution is -0.116. The molecule has 1 unspecified atom stereocenters. The lowest BCUT2D eigenvalue weighted by Crippen LogP contribution is -2.32. The van der Waals surface area contributed by atoms with Crippen LogP contribution in [0, 0.1) is 6.92 Å². The van der Waals surface area contributed by atoms with Crippen LogP contribution in [0.1, 0.15) is 42.1 Å². The van der Waals surface area contributed by atoms with Gasteiger partial charge in [0, 0.05) is 30.2 Å². The number of rotatable bonds is 6. The molecule has 2 aromatic rings. The highest BCUT2D eigenvalue weighted by Gasteiger charge is 2.16. The molecular weight excluding hydrogens is 366 g/mol. The first-order chi connectivity index (χ1) is 14.0. The second-order valence-corrected chi connectivity index (χ2v) is 7.47. The molecule has 0 spiro atoms. The molecular formula is C23H29N3O3. The third-order valence-electron chi connectivity index (χ3n) is 5.28. The Labute approximate surface area is 172 Å². The second kappa shape index (κ2) is 9.45. The van der Waals surface area contributed by atoms with Crippen molar-refractivity contribution in [2.45, 2.75) is 39.2 Å². The van der Waals surface area contributed by atoms with E-state index >= 15 is 0 Å². The molecule has 1 aliphatic heterocycles. The van der Waals surface area contributed by atoms with Gasteiger partial charge in [-0.1, -0.05) is 6.07 Å². The highest BCUT2D eigenvalue weighted by atomic mass is 16.5. The van der Waals surface area contributed by atoms with Crippen molar-refractivity contribution in [2.75, 3.05) is 35.7 Å². The minimum absolute atomic E-state index is 0.140. The Morgan fingerprint density at radius 2 is 1.72 bits per heavy atom. The van der Waals surface area contributed by atoms with E-state index in [-0.39, 0.29) is 5.91 Å². The van der Waals surface area contributed by atoms with Gasteiger partial charge in [-0.2, -0.15) is 0 Å². The number of aryl methyl sites for hydroxylation is 1. The van der Waals surface area contributed by atoms with Crippen molar-refractivity contribution in [1.29, 1.82) is 0 Å². The zero-order valence-electron chi connectivity index (χ0n) is 17.3. The molecule has 2 N–H and O–H groups in total. The zero-order valence-corrected chi connectivity index (χ0v) is 17.3. The summed E-state index contributed by atoms with van der Waals surface area (Å²) in [6.07, 6.45) is 3.77. The summed E-state index contributed by atoms with van der Waals surface area (Å²) in [4.78, 5) is 26.7. The van der Waals surface area contributed by atoms with E-state index in [9.17, 15) is 9.59 Å². The lowest BCUT2D eigenvalue weighted by Gasteiger charge is -2.28. The summed E-state index contributed by atoms with van der Waals surface area (Å²) in [5.74, 6) is -0.544. The molecule has 1 fully saturated rings. The van der Waals surface area contributed by atoms with Crippen molar-refractivity contribution in [3.8, 4) is 0 Å². The van der Waals surface area contributed by atoms with Gasteiger partial charge in [0.05, 0.1) is 12.7 Å². The molecule has 1 saturated heterocycles. The fourth-order valence-corrected chi connectivity index (χ4v) is 3.48. The van der Waals surface area contributed by atoms with Crippen LogP contribution in [0.3, 0.4) is 0 Å². The first-order valence-electron chi connectivity index (χ1n) is 10.1. The molecule has 3 rings (SSSR count). The summed E-state index contributed by atoms with van der Waals surface area (Å²) in [6.45, 7) is 5.91. The first-order valence-corrected chi connectivity index (χ1v) is 10.1. The van der Waals surface area contributed by atoms with Gasteiger partial charge >= 0.3 is 5.97 Å². The molecule has 0 bridgehead atoms. The van der Waals surface area contributed by atoms with Gasteiger partial charge in [0.15, 0.2) is 0 Å². The normalized spacial score (nSPS) is 14.8. The number of piperidine rings is 1. The van der Waals surface area contributed by atoms with Crippen molar-refractivity contribution >= 4 is 28.9 Å². The second-order valence-electron chi connectivity index (χ2n) is 7.47. The zero-order chi connectivity index (χ0) is 20.8. The van der Waals surface area contributed by atoms with Gasteiger partial charge in [-0.3, -0.25) is 4.79 Å². The number of anilines is 3. The monoisotopic (exact) mass is 395 g/mol. The van der Waals surface area contributed by atoms with E-state index in [1.54, 1.807) is 19.1 Å². The summed E-state index contributed by atoms with van der Waals surface area (Å²) in [6, 6.07) is 12.8. The Hall–Kier alpha value is -3.02. The van der Waals surface area contributed by atoms with Gasteiger partial charge in [-0.15, -0.1) is 0 Å². The van der Waals surface area contributed by atoms with Crippen molar-refractivity contribution < 1.29 is 14.3 Å². The van der Waals surface area contributed by atoms with Gasteiger partial charge in [0.2, 0.25) is 5.91 Å². The molecule has 2 aromatic carbocycles. The summed E-state index contributed by atoms with van der Waals surface area (Å²) < 4.78 is 4.77. The highest BCUT2D eigenvalue weighted by Crippen LogP contribution is 2.22. The van der Waals surface area contributed by atoms with Crippen molar-refractivity contribution in [3.63, 3.8) is 0 Å². The summed E-state index contributed by atoms with van der Waals surface area (Å²) in [7, 11) is 1.35. The van der Waals surface area contributed by atoms with Crippen LogP contribution in [0.25, 0.3) is 0 Å². The number of nitrogens with zero attached hydrogens (tertiary/aromatic N) is 1. The average molecular weight is 396 g/mol. The quantitative estimate of drug-likeness (QED) is 0.717. The number of esters is 1. The van der Waals surface area contributed by atoms with Gasteiger partial charge < -0.3 is 20.3 Å². The van der Waals surface area contributed by atoms with E-state index in [1.807, 2.05) is 25.1 Å². The van der Waals surface area contributed by atoms with E-state index in [0.29, 0.717) is 5.56 Å². The Kier molecular flexibility index (Phi) is 6.75. The molecule has 1 aliphatic rings. The average Bonchev–Trinajstić information content (AvgIpc) is 2.75. The number of hydrogen-bond acceptors (Lipinski definition) is 5. The van der Waals surface area contributed by atoms with Crippen LogP contribution in [0.15, 0.2) is 42.5 Å². The van der Waals surface area contributed by atoms with E-state index in [4.69, 9.17) is 4.74 Å². The van der Waals surface area contributed by atoms with Gasteiger partial charge in [-0.25, -0.2) is 4.79 Å². The number of carbonyl (C=O) groups is 2. The van der Waals surface area contributed by atoms with Crippen LogP contribution in [0.4, 0.5) is 17.1 Å². The smallest absolute Gasteiger partial charge is 0.337 e. The number of carbonyl (C=O) groups excluding carboxylic acids is 2. The lowest BCUT2D eigenvalue weighted by atomic mass is 10.1. The largest absolute Gasteiger partial charge is 0.465 e. The first kappa shape index (κ1) is 20.7. The van der Waals surface area contributed by atoms with Crippen molar-refractivity contribution in [2.24, 2.45) is 0 Å². The standard InChI is InChI=1S/C23H29N3O3/c1-16-7-8-18(23(28)29-3)15-21(16)24-17(2)22(27)25-19-9-11-20(12-10-19)26-13-5-4-6-14-26/h7-12,15,17,24H,4-6,13-14H2,1-3H3,(H,25,27). The van der Waals surface area contributed by atoms with Crippen molar-refractivity contribution in [3.05, 3.63) is 53.6 Å². The number of nitrogens with one attached hydrogen (secondary N) is 2. The fourth-order valence-electron chi connectivity index (χ4n) is 3.48. The number of methoxy groups -OCH3 is 1. The van der Waals surface area contributed by atoms with Gasteiger partial charge in [0.25, 0.3) is 0 Å². The number of ether oxygens (including phenoxy) is 1. The highest BCUT2D eigenvalue weighted by molar-refractivity contribution is 5.97. The summed E-state index contributed by atoms with van der Waals surface area (Å²) >= 11 is 0. The Morgan fingerprint density at radius 1 is 1.03 bits per heavy atom. The summed E-state index contributed by atoms with van der Waals surface area (Å²) in [5, 5.41) is 6.13. The molecule has 0 radical (unpaired) electrons. The summed E-state index contributed by atoms with van der Waals surface area (Å²) in [5.41, 5.74) is 4.09. The number of benzene rings is 2. The third-order valence-corrected chi connectivity index (χ3v) is 5.28. The maximum atomic E-state index is 12.6.